The maximum atomic E-state index is 10.4. The molecule has 0 bridgehead atoms. The van der Waals surface area contributed by atoms with Gasteiger partial charge in [0.2, 0.25) is 18.2 Å². The van der Waals surface area contributed by atoms with E-state index in [2.05, 4.69) is 15.0 Å². The first-order valence-electron chi connectivity index (χ1n) is 8.04. The second kappa shape index (κ2) is 12.9. The number of aliphatic imine (C=N–C) groups is 3. The number of isocyanates is 3. The number of rotatable bonds is 12. The molecule has 0 aliphatic carbocycles. The molecule has 0 saturated heterocycles. The lowest BCUT2D eigenvalue weighted by molar-refractivity contribution is 0.560. The lowest BCUT2D eigenvalue weighted by Crippen LogP contribution is -2.00. The Morgan fingerprint density at radius 1 is 0.708 bits per heavy atom. The smallest absolute Gasteiger partial charge is 0.211 e. The molecule has 0 spiro atoms. The fourth-order valence-corrected chi connectivity index (χ4v) is 2.58. The fraction of sp³-hybridized carbons (Fsp3) is 0.500. The molecule has 0 atom stereocenters. The quantitative estimate of drug-likeness (QED) is 0.335. The Balaban J connectivity index is 2.57. The average Bonchev–Trinajstić information content (AvgIpc) is 2.61. The summed E-state index contributed by atoms with van der Waals surface area (Å²) in [6.07, 6.45) is 10.7. The van der Waals surface area contributed by atoms with Crippen LogP contribution in [0, 0.1) is 0 Å². The molecular formula is C18H21N3O3. The minimum Gasteiger partial charge on any atom is -0.211 e. The van der Waals surface area contributed by atoms with Crippen molar-refractivity contribution in [3.8, 4) is 0 Å². The van der Waals surface area contributed by atoms with Crippen LogP contribution in [0.25, 0.3) is 0 Å². The summed E-state index contributed by atoms with van der Waals surface area (Å²) in [4.78, 5) is 41.5. The van der Waals surface area contributed by atoms with Crippen LogP contribution in [0.15, 0.2) is 33.2 Å². The largest absolute Gasteiger partial charge is 0.235 e. The standard InChI is InChI=1S/C18H21N3O3/c22-13-19-10-5-3-1-2-4-7-16-8-6-9-17(11-20-14-23)18(16)12-21-15-24/h6,8-9H,1-5,7,10-12H2. The zero-order valence-corrected chi connectivity index (χ0v) is 13.7. The number of benzene rings is 1. The number of hydrogen-bond acceptors (Lipinski definition) is 6. The lowest BCUT2D eigenvalue weighted by Gasteiger charge is -2.11. The molecule has 1 aromatic rings. The van der Waals surface area contributed by atoms with E-state index < -0.39 is 0 Å². The summed E-state index contributed by atoms with van der Waals surface area (Å²) in [7, 11) is 0. The van der Waals surface area contributed by atoms with E-state index >= 15 is 0 Å². The molecule has 1 rings (SSSR count). The van der Waals surface area contributed by atoms with Gasteiger partial charge in [0.25, 0.3) is 0 Å². The van der Waals surface area contributed by atoms with Gasteiger partial charge in [0.05, 0.1) is 19.6 Å². The van der Waals surface area contributed by atoms with Crippen LogP contribution in [-0.4, -0.2) is 24.8 Å². The molecule has 0 heterocycles. The van der Waals surface area contributed by atoms with E-state index in [-0.39, 0.29) is 13.1 Å². The summed E-state index contributed by atoms with van der Waals surface area (Å²) in [5, 5.41) is 0. The van der Waals surface area contributed by atoms with Gasteiger partial charge in [0, 0.05) is 0 Å². The van der Waals surface area contributed by atoms with E-state index in [1.807, 2.05) is 18.2 Å². The van der Waals surface area contributed by atoms with Crippen molar-refractivity contribution >= 4 is 18.2 Å². The molecule has 0 fully saturated rings. The minimum absolute atomic E-state index is 0.248. The van der Waals surface area contributed by atoms with E-state index in [0.29, 0.717) is 6.54 Å². The summed E-state index contributed by atoms with van der Waals surface area (Å²) >= 11 is 0. The van der Waals surface area contributed by atoms with Crippen molar-refractivity contribution in [2.45, 2.75) is 51.6 Å². The van der Waals surface area contributed by atoms with Crippen LogP contribution in [0.1, 0.15) is 48.8 Å². The Hall–Kier alpha value is -2.64. The molecule has 0 aliphatic heterocycles. The van der Waals surface area contributed by atoms with Gasteiger partial charge in [-0.2, -0.15) is 0 Å². The molecule has 0 unspecified atom stereocenters. The lowest BCUT2D eigenvalue weighted by atomic mass is 9.96. The van der Waals surface area contributed by atoms with Crippen LogP contribution in [0.5, 0.6) is 0 Å². The molecule has 126 valence electrons. The Morgan fingerprint density at radius 3 is 2.08 bits per heavy atom. The van der Waals surface area contributed by atoms with Gasteiger partial charge in [-0.15, -0.1) is 0 Å². The zero-order valence-electron chi connectivity index (χ0n) is 13.7. The second-order valence-corrected chi connectivity index (χ2v) is 5.36. The van der Waals surface area contributed by atoms with Crippen molar-refractivity contribution < 1.29 is 14.4 Å². The summed E-state index contributed by atoms with van der Waals surface area (Å²) in [6.45, 7) is 1.06. The monoisotopic (exact) mass is 327 g/mol. The SMILES string of the molecule is O=C=NCCCCCCCc1cccc(CN=C=O)c1CN=C=O. The normalized spacial score (nSPS) is 9.50. The van der Waals surface area contributed by atoms with E-state index in [4.69, 9.17) is 0 Å². The Morgan fingerprint density at radius 2 is 1.33 bits per heavy atom. The topological polar surface area (TPSA) is 88.3 Å². The molecule has 0 radical (unpaired) electrons. The van der Waals surface area contributed by atoms with Crippen molar-refractivity contribution in [1.29, 1.82) is 0 Å². The van der Waals surface area contributed by atoms with Gasteiger partial charge in [0.1, 0.15) is 0 Å². The number of unbranched alkanes of at least 4 members (excludes halogenated alkanes) is 4. The molecule has 1 aromatic carbocycles. The molecule has 0 N–H and O–H groups in total. The van der Waals surface area contributed by atoms with Crippen molar-refractivity contribution in [2.75, 3.05) is 6.54 Å². The van der Waals surface area contributed by atoms with Crippen molar-refractivity contribution in [2.24, 2.45) is 15.0 Å². The third kappa shape index (κ3) is 7.57. The summed E-state index contributed by atoms with van der Waals surface area (Å²) in [5.41, 5.74) is 2.96. The number of carbonyl (C=O) groups excluding carboxylic acids is 3. The molecule has 24 heavy (non-hydrogen) atoms. The highest BCUT2D eigenvalue weighted by atomic mass is 16.1. The van der Waals surface area contributed by atoms with Crippen LogP contribution in [0.4, 0.5) is 0 Å². The maximum absolute atomic E-state index is 10.4. The van der Waals surface area contributed by atoms with Crippen LogP contribution < -0.4 is 0 Å². The molecule has 0 aliphatic rings. The van der Waals surface area contributed by atoms with Gasteiger partial charge in [-0.3, -0.25) is 0 Å². The number of nitrogens with zero attached hydrogens (tertiary/aromatic N) is 3. The maximum Gasteiger partial charge on any atom is 0.235 e. The van der Waals surface area contributed by atoms with Crippen molar-refractivity contribution in [3.63, 3.8) is 0 Å². The van der Waals surface area contributed by atoms with Crippen molar-refractivity contribution in [1.82, 2.24) is 0 Å². The number of aryl methyl sites for hydroxylation is 1. The zero-order chi connectivity index (χ0) is 17.5. The van der Waals surface area contributed by atoms with Gasteiger partial charge >= 0.3 is 0 Å². The molecule has 0 aromatic heterocycles. The third-order valence-corrected chi connectivity index (χ3v) is 3.77. The number of hydrogen-bond donors (Lipinski definition) is 0. The second-order valence-electron chi connectivity index (χ2n) is 5.36. The third-order valence-electron chi connectivity index (χ3n) is 3.77. The van der Waals surface area contributed by atoms with Crippen LogP contribution in [-0.2, 0) is 33.9 Å². The molecular weight excluding hydrogens is 306 g/mol. The molecule has 6 heteroatoms. The van der Waals surface area contributed by atoms with E-state index in [9.17, 15) is 14.4 Å². The van der Waals surface area contributed by atoms with Gasteiger partial charge in [-0.1, -0.05) is 37.5 Å². The summed E-state index contributed by atoms with van der Waals surface area (Å²) < 4.78 is 0. The van der Waals surface area contributed by atoms with Gasteiger partial charge in [0.15, 0.2) is 0 Å². The minimum atomic E-state index is 0.248. The molecule has 0 amide bonds. The highest BCUT2D eigenvalue weighted by Crippen LogP contribution is 2.20. The predicted octanol–water partition coefficient (Wildman–Crippen LogP) is 3.19. The van der Waals surface area contributed by atoms with E-state index in [1.165, 1.54) is 6.08 Å². The fourth-order valence-electron chi connectivity index (χ4n) is 2.58. The van der Waals surface area contributed by atoms with Crippen molar-refractivity contribution in [3.05, 3.63) is 34.9 Å². The average molecular weight is 327 g/mol. The van der Waals surface area contributed by atoms with Crippen LogP contribution in [0.2, 0.25) is 0 Å². The van der Waals surface area contributed by atoms with Gasteiger partial charge in [-0.25, -0.2) is 29.4 Å². The molecule has 0 saturated carbocycles. The van der Waals surface area contributed by atoms with Gasteiger partial charge in [-0.05, 0) is 36.0 Å². The first kappa shape index (κ1) is 19.4. The Bertz CT molecular complexity index is 653. The first-order valence-corrected chi connectivity index (χ1v) is 8.04. The Kier molecular flexibility index (Phi) is 10.4. The highest BCUT2D eigenvalue weighted by Gasteiger charge is 2.08. The van der Waals surface area contributed by atoms with Crippen LogP contribution in [0.3, 0.4) is 0 Å². The molecule has 6 nitrogen and oxygen atoms in total. The Labute approximate surface area is 141 Å². The van der Waals surface area contributed by atoms with Gasteiger partial charge < -0.3 is 0 Å². The first-order chi connectivity index (χ1) is 11.8. The van der Waals surface area contributed by atoms with E-state index in [1.54, 1.807) is 12.2 Å². The van der Waals surface area contributed by atoms with E-state index in [0.717, 1.165) is 55.2 Å². The van der Waals surface area contributed by atoms with Crippen LogP contribution >= 0.6 is 0 Å². The summed E-state index contributed by atoms with van der Waals surface area (Å²) in [6, 6.07) is 5.83. The summed E-state index contributed by atoms with van der Waals surface area (Å²) in [5.74, 6) is 0. The highest BCUT2D eigenvalue weighted by molar-refractivity contribution is 5.40. The predicted molar refractivity (Wildman–Crippen MR) is 89.9 cm³/mol.